The van der Waals surface area contributed by atoms with Crippen molar-refractivity contribution in [2.75, 3.05) is 19.6 Å². The summed E-state index contributed by atoms with van der Waals surface area (Å²) in [6, 6.07) is 7.13. The number of nitrogens with two attached hydrogens (primary N) is 1. The quantitative estimate of drug-likeness (QED) is 0.759. The first-order valence-corrected chi connectivity index (χ1v) is 8.91. The SMILES string of the molecule is CCCCNC(=O)C1CCN(C(=O)C(N)c2ccc(C)cc2)CC1.Cl. The number of benzene rings is 1. The smallest absolute Gasteiger partial charge is 0.244 e. The second kappa shape index (κ2) is 10.4. The van der Waals surface area contributed by atoms with Gasteiger partial charge in [0.25, 0.3) is 0 Å². The minimum atomic E-state index is -0.625. The highest BCUT2D eigenvalue weighted by atomic mass is 35.5. The maximum atomic E-state index is 12.6. The number of carbonyl (C=O) groups excluding carboxylic acids is 2. The summed E-state index contributed by atoms with van der Waals surface area (Å²) >= 11 is 0. The van der Waals surface area contributed by atoms with Crippen molar-refractivity contribution in [1.29, 1.82) is 0 Å². The third-order valence-electron chi connectivity index (χ3n) is 4.71. The number of carbonyl (C=O) groups is 2. The molecule has 0 bridgehead atoms. The topological polar surface area (TPSA) is 75.4 Å². The zero-order valence-corrected chi connectivity index (χ0v) is 16.0. The monoisotopic (exact) mass is 367 g/mol. The number of hydrogen-bond acceptors (Lipinski definition) is 3. The number of unbranched alkanes of at least 4 members (excludes halogenated alkanes) is 1. The van der Waals surface area contributed by atoms with E-state index in [4.69, 9.17) is 5.73 Å². The van der Waals surface area contributed by atoms with Crippen LogP contribution in [0.3, 0.4) is 0 Å². The lowest BCUT2D eigenvalue weighted by atomic mass is 9.94. The first-order valence-electron chi connectivity index (χ1n) is 8.91. The molecule has 1 unspecified atom stereocenters. The van der Waals surface area contributed by atoms with E-state index in [1.807, 2.05) is 31.2 Å². The summed E-state index contributed by atoms with van der Waals surface area (Å²) in [5.74, 6) is 0.0866. The molecule has 0 spiro atoms. The molecule has 1 saturated heterocycles. The van der Waals surface area contributed by atoms with Gasteiger partial charge in [0, 0.05) is 25.6 Å². The number of aryl methyl sites for hydroxylation is 1. The van der Waals surface area contributed by atoms with Gasteiger partial charge in [-0.25, -0.2) is 0 Å². The van der Waals surface area contributed by atoms with Crippen molar-refractivity contribution >= 4 is 24.2 Å². The molecule has 0 saturated carbocycles. The number of amides is 2. The second-order valence-corrected chi connectivity index (χ2v) is 6.63. The van der Waals surface area contributed by atoms with Gasteiger partial charge >= 0.3 is 0 Å². The van der Waals surface area contributed by atoms with Gasteiger partial charge < -0.3 is 16.0 Å². The van der Waals surface area contributed by atoms with Crippen LogP contribution in [-0.4, -0.2) is 36.3 Å². The van der Waals surface area contributed by atoms with E-state index < -0.39 is 6.04 Å². The van der Waals surface area contributed by atoms with E-state index in [2.05, 4.69) is 12.2 Å². The van der Waals surface area contributed by atoms with Gasteiger partial charge in [0.2, 0.25) is 11.8 Å². The fourth-order valence-corrected chi connectivity index (χ4v) is 3.01. The Morgan fingerprint density at radius 2 is 1.84 bits per heavy atom. The number of nitrogens with zero attached hydrogens (tertiary/aromatic N) is 1. The molecule has 1 aliphatic rings. The molecule has 5 nitrogen and oxygen atoms in total. The van der Waals surface area contributed by atoms with Gasteiger partial charge in [0.1, 0.15) is 6.04 Å². The molecule has 0 aliphatic carbocycles. The summed E-state index contributed by atoms with van der Waals surface area (Å²) in [6.45, 7) is 6.06. The van der Waals surface area contributed by atoms with E-state index in [0.717, 1.165) is 30.5 Å². The van der Waals surface area contributed by atoms with Gasteiger partial charge in [0.15, 0.2) is 0 Å². The standard InChI is InChI=1S/C19H29N3O2.ClH/c1-3-4-11-21-18(23)16-9-12-22(13-10-16)19(24)17(20)15-7-5-14(2)6-8-15;/h5-8,16-17H,3-4,9-13,20H2,1-2H3,(H,21,23);1H. The van der Waals surface area contributed by atoms with Crippen molar-refractivity contribution in [3.8, 4) is 0 Å². The molecule has 2 rings (SSSR count). The van der Waals surface area contributed by atoms with Crippen molar-refractivity contribution < 1.29 is 9.59 Å². The Bertz CT molecular complexity index is 554. The first-order chi connectivity index (χ1) is 11.5. The van der Waals surface area contributed by atoms with Crippen LogP contribution in [0.4, 0.5) is 0 Å². The molecule has 1 atom stereocenters. The summed E-state index contributed by atoms with van der Waals surface area (Å²) < 4.78 is 0. The summed E-state index contributed by atoms with van der Waals surface area (Å²) in [4.78, 5) is 26.5. The van der Waals surface area contributed by atoms with Crippen LogP contribution in [0.25, 0.3) is 0 Å². The Kier molecular flexibility index (Phi) is 8.93. The van der Waals surface area contributed by atoms with E-state index in [1.165, 1.54) is 0 Å². The molecular weight excluding hydrogens is 338 g/mol. The molecule has 25 heavy (non-hydrogen) atoms. The lowest BCUT2D eigenvalue weighted by Crippen LogP contribution is -2.46. The molecule has 6 heteroatoms. The summed E-state index contributed by atoms with van der Waals surface area (Å²) in [5, 5.41) is 2.98. The van der Waals surface area contributed by atoms with Gasteiger partial charge in [0.05, 0.1) is 0 Å². The summed E-state index contributed by atoms with van der Waals surface area (Å²) in [7, 11) is 0. The Morgan fingerprint density at radius 3 is 2.40 bits per heavy atom. The van der Waals surface area contributed by atoms with E-state index in [9.17, 15) is 9.59 Å². The highest BCUT2D eigenvalue weighted by Crippen LogP contribution is 2.21. The Balaban J connectivity index is 0.00000312. The number of piperidine rings is 1. The average molecular weight is 368 g/mol. The predicted molar refractivity (Wildman–Crippen MR) is 103 cm³/mol. The van der Waals surface area contributed by atoms with Crippen LogP contribution >= 0.6 is 12.4 Å². The first kappa shape index (κ1) is 21.5. The molecule has 0 radical (unpaired) electrons. The molecule has 1 aliphatic heterocycles. The fraction of sp³-hybridized carbons (Fsp3) is 0.579. The van der Waals surface area contributed by atoms with E-state index >= 15 is 0 Å². The molecule has 1 aromatic carbocycles. The number of halogens is 1. The highest BCUT2D eigenvalue weighted by molar-refractivity contribution is 5.85. The summed E-state index contributed by atoms with van der Waals surface area (Å²) in [6.07, 6.45) is 3.51. The van der Waals surface area contributed by atoms with Crippen LogP contribution in [0.15, 0.2) is 24.3 Å². The zero-order chi connectivity index (χ0) is 17.5. The average Bonchev–Trinajstić information content (AvgIpc) is 2.61. The minimum absolute atomic E-state index is 0. The molecule has 140 valence electrons. The molecule has 0 aromatic heterocycles. The lowest BCUT2D eigenvalue weighted by Gasteiger charge is -2.33. The summed E-state index contributed by atoms with van der Waals surface area (Å²) in [5.41, 5.74) is 8.11. The van der Waals surface area contributed by atoms with E-state index in [0.29, 0.717) is 25.9 Å². The molecule has 1 fully saturated rings. The van der Waals surface area contributed by atoms with Crippen molar-refractivity contribution in [3.05, 3.63) is 35.4 Å². The number of likely N-dealkylation sites (tertiary alicyclic amines) is 1. The van der Waals surface area contributed by atoms with Crippen molar-refractivity contribution in [2.24, 2.45) is 11.7 Å². The van der Waals surface area contributed by atoms with E-state index in [1.54, 1.807) is 4.90 Å². The molecule has 3 N–H and O–H groups in total. The highest BCUT2D eigenvalue weighted by Gasteiger charge is 2.29. The van der Waals surface area contributed by atoms with Gasteiger partial charge in [-0.3, -0.25) is 9.59 Å². The van der Waals surface area contributed by atoms with Crippen molar-refractivity contribution in [2.45, 2.75) is 45.6 Å². The van der Waals surface area contributed by atoms with Crippen LogP contribution in [0.1, 0.15) is 49.8 Å². The Labute approximate surface area is 156 Å². The van der Waals surface area contributed by atoms with Gasteiger partial charge in [-0.1, -0.05) is 43.2 Å². The Morgan fingerprint density at radius 1 is 1.24 bits per heavy atom. The van der Waals surface area contributed by atoms with E-state index in [-0.39, 0.29) is 30.1 Å². The molecule has 2 amide bonds. The third kappa shape index (κ3) is 6.01. The zero-order valence-electron chi connectivity index (χ0n) is 15.2. The second-order valence-electron chi connectivity index (χ2n) is 6.63. The minimum Gasteiger partial charge on any atom is -0.356 e. The predicted octanol–water partition coefficient (Wildman–Crippen LogP) is 2.57. The van der Waals surface area contributed by atoms with Crippen LogP contribution in [0.5, 0.6) is 0 Å². The maximum Gasteiger partial charge on any atom is 0.244 e. The molecular formula is C19H30ClN3O2. The third-order valence-corrected chi connectivity index (χ3v) is 4.71. The van der Waals surface area contributed by atoms with Crippen molar-refractivity contribution in [3.63, 3.8) is 0 Å². The number of nitrogens with one attached hydrogen (secondary N) is 1. The van der Waals surface area contributed by atoms with Gasteiger partial charge in [-0.2, -0.15) is 0 Å². The van der Waals surface area contributed by atoms with Crippen LogP contribution < -0.4 is 11.1 Å². The lowest BCUT2D eigenvalue weighted by molar-refractivity contribution is -0.136. The van der Waals surface area contributed by atoms with Crippen LogP contribution in [0, 0.1) is 12.8 Å². The van der Waals surface area contributed by atoms with Crippen molar-refractivity contribution in [1.82, 2.24) is 10.2 Å². The molecule has 1 aromatic rings. The number of rotatable bonds is 6. The van der Waals surface area contributed by atoms with Gasteiger partial charge in [-0.05, 0) is 31.7 Å². The normalized spacial score (nSPS) is 16.0. The van der Waals surface area contributed by atoms with Crippen LogP contribution in [0.2, 0.25) is 0 Å². The van der Waals surface area contributed by atoms with Crippen LogP contribution in [-0.2, 0) is 9.59 Å². The number of hydrogen-bond donors (Lipinski definition) is 2. The molecule has 1 heterocycles. The largest absolute Gasteiger partial charge is 0.356 e. The Hall–Kier alpha value is -1.59. The fourth-order valence-electron chi connectivity index (χ4n) is 3.01. The van der Waals surface area contributed by atoms with Gasteiger partial charge in [-0.15, -0.1) is 12.4 Å². The maximum absolute atomic E-state index is 12.6.